The molecule has 1 amide bonds. The molecule has 5 aliphatic heterocycles. The van der Waals surface area contributed by atoms with Crippen molar-refractivity contribution in [3.63, 3.8) is 0 Å². The number of aromatic nitrogens is 1. The lowest BCUT2D eigenvalue weighted by Gasteiger charge is -2.38. The number of amides is 1. The summed E-state index contributed by atoms with van der Waals surface area (Å²) in [6, 6.07) is 2.07. The van der Waals surface area contributed by atoms with Crippen molar-refractivity contribution in [2.24, 2.45) is 28.8 Å². The molecule has 80 heavy (non-hydrogen) atoms. The van der Waals surface area contributed by atoms with Gasteiger partial charge in [0.15, 0.2) is 11.6 Å². The second-order valence-electron chi connectivity index (χ2n) is 22.8. The number of ketones is 1. The van der Waals surface area contributed by atoms with Crippen LogP contribution in [0.1, 0.15) is 112 Å². The number of anilines is 2. The summed E-state index contributed by atoms with van der Waals surface area (Å²) < 4.78 is 41.4. The lowest BCUT2D eigenvalue weighted by atomic mass is 9.78. The number of hydrazone groups is 1. The maximum Gasteiger partial charge on any atom is 0.312 e. The van der Waals surface area contributed by atoms with Gasteiger partial charge in [0.2, 0.25) is 0 Å². The number of benzene rings is 2. The van der Waals surface area contributed by atoms with Crippen molar-refractivity contribution in [3.8, 4) is 23.0 Å². The molecular formula is C60H75FN6O13. The molecule has 7 heterocycles. The molecule has 1 unspecified atom stereocenters. The molecule has 430 valence electrons. The Bertz CT molecular complexity index is 3320. The first kappa shape index (κ1) is 57.7. The number of carbonyl (C=O) groups excluding carboxylic acids is 3. The highest BCUT2D eigenvalue weighted by atomic mass is 19.1. The smallest absolute Gasteiger partial charge is 0.312 e. The fourth-order valence-corrected chi connectivity index (χ4v) is 12.3. The maximum absolute atomic E-state index is 16.1. The van der Waals surface area contributed by atoms with Crippen LogP contribution in [0.15, 0.2) is 58.3 Å². The third kappa shape index (κ3) is 10.5. The van der Waals surface area contributed by atoms with Crippen LogP contribution in [0, 0.1) is 50.3 Å². The highest BCUT2D eigenvalue weighted by Crippen LogP contribution is 2.55. The Kier molecular flexibility index (Phi) is 16.2. The van der Waals surface area contributed by atoms with E-state index < -0.39 is 94.6 Å². The first-order valence-electron chi connectivity index (χ1n) is 27.6. The van der Waals surface area contributed by atoms with E-state index in [0.29, 0.717) is 56.4 Å². The van der Waals surface area contributed by atoms with Gasteiger partial charge in [-0.15, -0.1) is 0 Å². The van der Waals surface area contributed by atoms with Crippen LogP contribution in [-0.4, -0.2) is 146 Å². The number of halogens is 1. The summed E-state index contributed by atoms with van der Waals surface area (Å²) in [5.74, 6) is -8.84. The second-order valence-corrected chi connectivity index (χ2v) is 22.8. The molecule has 20 heteroatoms. The van der Waals surface area contributed by atoms with E-state index in [1.165, 1.54) is 70.0 Å². The van der Waals surface area contributed by atoms with Crippen LogP contribution in [0.2, 0.25) is 0 Å². The molecule has 2 aromatic heterocycles. The SMILES string of the molecule is CO[C@H]1/C=C/O[C@@]2(C)Oc3c(C)c(O)c4c(O)c(c(/C=N/N5CCN(C6CCN(c7c(F)cn8c(=O)c(C)cc(C9CC9)c8c7C)C6)CC5)c(O)c4c3C2=O)NC(=O)/C(C)=C\C=C\[C@H](C)[C@H](O)[C@@H](C)[C@@H](O)[C@@H](C)[C@H](OC(C)=O)[C@@H]1C. The number of methoxy groups -OCH3 is 1. The van der Waals surface area contributed by atoms with E-state index >= 15 is 4.39 Å². The quantitative estimate of drug-likeness (QED) is 0.0463. The monoisotopic (exact) mass is 1110 g/mol. The van der Waals surface area contributed by atoms with Gasteiger partial charge in [0.25, 0.3) is 17.2 Å². The molecule has 19 nitrogen and oxygen atoms in total. The Morgan fingerprint density at radius 3 is 2.25 bits per heavy atom. The number of aliphatic hydroxyl groups is 2. The Balaban J connectivity index is 1.03. The van der Waals surface area contributed by atoms with Gasteiger partial charge in [-0.25, -0.2) is 4.39 Å². The van der Waals surface area contributed by atoms with Gasteiger partial charge in [0.05, 0.1) is 70.4 Å². The molecule has 2 aromatic carbocycles. The maximum atomic E-state index is 16.1. The molecule has 6 N–H and O–H groups in total. The summed E-state index contributed by atoms with van der Waals surface area (Å²) in [6.45, 7) is 19.4. The minimum Gasteiger partial charge on any atom is -0.507 e. The van der Waals surface area contributed by atoms with Crippen LogP contribution in [0.4, 0.5) is 15.8 Å². The highest BCUT2D eigenvalue weighted by molar-refractivity contribution is 6.24. The number of aromatic hydroxyl groups is 3. The van der Waals surface area contributed by atoms with E-state index in [1.807, 2.05) is 13.0 Å². The molecule has 6 aliphatic rings. The summed E-state index contributed by atoms with van der Waals surface area (Å²) in [6.07, 6.45) is 8.90. The fourth-order valence-electron chi connectivity index (χ4n) is 12.3. The number of allylic oxidation sites excluding steroid dienone is 2. The van der Waals surface area contributed by atoms with Gasteiger partial charge in [-0.1, -0.05) is 45.9 Å². The van der Waals surface area contributed by atoms with Crippen molar-refractivity contribution in [3.05, 3.63) is 98.0 Å². The number of nitrogens with zero attached hydrogens (tertiary/aromatic N) is 5. The Labute approximate surface area is 464 Å². The van der Waals surface area contributed by atoms with Crippen molar-refractivity contribution in [1.29, 1.82) is 0 Å². The second kappa shape index (κ2) is 22.5. The number of piperazine rings is 1. The first-order valence-corrected chi connectivity index (χ1v) is 27.6. The van der Waals surface area contributed by atoms with Gasteiger partial charge < -0.3 is 54.7 Å². The number of aliphatic hydroxyl groups excluding tert-OH is 2. The Morgan fingerprint density at radius 1 is 0.887 bits per heavy atom. The number of Topliss-reactive ketones (excluding diaryl/α,β-unsaturated/α-hetero) is 1. The number of phenols is 3. The van der Waals surface area contributed by atoms with Gasteiger partial charge in [-0.3, -0.25) is 33.5 Å². The third-order valence-corrected chi connectivity index (χ3v) is 17.3. The van der Waals surface area contributed by atoms with Gasteiger partial charge in [0.1, 0.15) is 23.4 Å². The molecule has 10 rings (SSSR count). The summed E-state index contributed by atoms with van der Waals surface area (Å²) in [4.78, 5) is 58.9. The standard InChI is InChI=1S/C60H75FN6O13/c1-29-13-12-14-30(2)58(75)63-47-41(26-62-66-22-20-64(21-23-66)39-17-19-65(27-39)49-33(5)48-40(38-15-16-38)25-31(3)59(76)67(48)28-42(49)61)53(72)44-45(54(47)73)52(71)36(8)56-46(44)57(74)60(10,80-56)78-24-18-43(77-11)32(4)55(79-37(9)68)35(7)51(70)34(6)50(29)69/h12-14,18,24-26,28-29,32,34-35,38-39,43,50-51,55,69-73H,15-17,19-23,27H2,1-11H3,(H,63,75)/b13-12+,24-18+,30-14-,62-26+/t29-,32+,34+,35+,39?,43-,50-,51+,55+,60-/m0/s1. The molecule has 1 saturated carbocycles. The number of fused-ring (bicyclic) bond motifs is 15. The van der Waals surface area contributed by atoms with Crippen LogP contribution in [-0.2, 0) is 23.8 Å². The summed E-state index contributed by atoms with van der Waals surface area (Å²) in [5, 5.41) is 68.3. The molecular weight excluding hydrogens is 1030 g/mol. The lowest BCUT2D eigenvalue weighted by molar-refractivity contribution is -0.160. The van der Waals surface area contributed by atoms with E-state index in [2.05, 4.69) is 15.1 Å². The van der Waals surface area contributed by atoms with Crippen LogP contribution < -0.4 is 20.5 Å². The summed E-state index contributed by atoms with van der Waals surface area (Å²) >= 11 is 0. The van der Waals surface area contributed by atoms with Gasteiger partial charge >= 0.3 is 11.8 Å². The summed E-state index contributed by atoms with van der Waals surface area (Å²) in [7, 11) is 1.43. The van der Waals surface area contributed by atoms with Crippen molar-refractivity contribution >= 4 is 51.5 Å². The topological polar surface area (TPSA) is 245 Å². The zero-order chi connectivity index (χ0) is 58.0. The number of pyridine rings is 2. The van der Waals surface area contributed by atoms with Crippen molar-refractivity contribution < 1.29 is 63.3 Å². The van der Waals surface area contributed by atoms with Crippen molar-refractivity contribution in [2.75, 3.05) is 56.6 Å². The predicted octanol–water partition coefficient (Wildman–Crippen LogP) is 7.23. The van der Waals surface area contributed by atoms with Crippen molar-refractivity contribution in [1.82, 2.24) is 14.3 Å². The number of hydrogen-bond acceptors (Lipinski definition) is 17. The van der Waals surface area contributed by atoms with Crippen LogP contribution in [0.3, 0.4) is 0 Å². The van der Waals surface area contributed by atoms with E-state index in [9.17, 15) is 44.7 Å². The van der Waals surface area contributed by atoms with E-state index in [4.69, 9.17) is 24.0 Å². The highest BCUT2D eigenvalue weighted by Gasteiger charge is 2.50. The van der Waals surface area contributed by atoms with Crippen LogP contribution in [0.5, 0.6) is 23.0 Å². The average molecular weight is 1110 g/mol. The van der Waals surface area contributed by atoms with Crippen LogP contribution >= 0.6 is 0 Å². The van der Waals surface area contributed by atoms with Gasteiger partial charge in [0, 0.05) is 112 Å². The molecule has 4 aromatic rings. The number of ether oxygens (including phenoxy) is 4. The minimum atomic E-state index is -2.10. The number of aryl methyl sites for hydroxylation is 2. The normalized spacial score (nSPS) is 29.7. The van der Waals surface area contributed by atoms with Gasteiger partial charge in [-0.2, -0.15) is 5.10 Å². The number of carbonyl (C=O) groups is 3. The number of rotatable bonds is 7. The van der Waals surface area contributed by atoms with E-state index in [-0.39, 0.29) is 56.1 Å². The van der Waals surface area contributed by atoms with Gasteiger partial charge in [-0.05, 0) is 76.1 Å². The molecule has 10 atom stereocenters. The van der Waals surface area contributed by atoms with Crippen molar-refractivity contribution in [2.45, 2.75) is 131 Å². The number of esters is 1. The molecule has 5 bridgehead atoms. The zero-order valence-electron chi connectivity index (χ0n) is 47.4. The number of nitrogens with one attached hydrogen (secondary N) is 1. The van der Waals surface area contributed by atoms with E-state index in [0.717, 1.165) is 35.9 Å². The summed E-state index contributed by atoms with van der Waals surface area (Å²) in [5.41, 5.74) is 2.99. The zero-order valence-corrected chi connectivity index (χ0v) is 47.4. The number of phenolic OH excluding ortho intramolecular Hbond substituents is 3. The molecule has 2 saturated heterocycles. The molecule has 0 spiro atoms. The molecule has 0 radical (unpaired) electrons. The van der Waals surface area contributed by atoms with E-state index in [1.54, 1.807) is 51.8 Å². The first-order chi connectivity index (χ1) is 37.9. The minimum absolute atomic E-state index is 0.0263. The fraction of sp³-hybridized carbons (Fsp3) is 0.517. The molecule has 1 aliphatic carbocycles. The Morgan fingerprint density at radius 2 is 1.59 bits per heavy atom. The molecule has 3 fully saturated rings. The number of hydrogen-bond donors (Lipinski definition) is 6. The third-order valence-electron chi connectivity index (χ3n) is 17.3. The van der Waals surface area contributed by atoms with Crippen LogP contribution in [0.25, 0.3) is 16.3 Å². The average Bonchev–Trinajstić information content (AvgIpc) is 4.29. The largest absolute Gasteiger partial charge is 0.507 e. The predicted molar refractivity (Wildman–Crippen MR) is 300 cm³/mol. The lowest BCUT2D eigenvalue weighted by Crippen LogP contribution is -2.49. The Hall–Kier alpha value is -7.00.